The van der Waals surface area contributed by atoms with E-state index in [1.165, 1.54) is 0 Å². The fourth-order valence-corrected chi connectivity index (χ4v) is 1.83. The molecule has 18 heavy (non-hydrogen) atoms. The molecule has 0 unspecified atom stereocenters. The van der Waals surface area contributed by atoms with E-state index in [1.807, 2.05) is 0 Å². The summed E-state index contributed by atoms with van der Waals surface area (Å²) >= 11 is 0. The smallest absolute Gasteiger partial charge is 0.408 e. The largest absolute Gasteiger partial charge is 0.464 e. The molecule has 1 aliphatic rings. The number of alkyl carbamates (subject to hydrolysis) is 1. The minimum atomic E-state index is -1.14. The second-order valence-electron chi connectivity index (χ2n) is 5.49. The molecule has 0 saturated heterocycles. The van der Waals surface area contributed by atoms with Crippen molar-refractivity contribution >= 4 is 12.1 Å². The summed E-state index contributed by atoms with van der Waals surface area (Å²) in [5.41, 5.74) is -1.78. The van der Waals surface area contributed by atoms with Gasteiger partial charge in [0.05, 0.1) is 12.7 Å². The highest BCUT2D eigenvalue weighted by molar-refractivity contribution is 5.87. The van der Waals surface area contributed by atoms with Crippen molar-refractivity contribution in [2.24, 2.45) is 0 Å². The van der Waals surface area contributed by atoms with Crippen LogP contribution in [0.2, 0.25) is 0 Å². The van der Waals surface area contributed by atoms with Gasteiger partial charge in [0, 0.05) is 12.8 Å². The first-order valence-corrected chi connectivity index (χ1v) is 6.05. The van der Waals surface area contributed by atoms with Gasteiger partial charge >= 0.3 is 12.1 Å². The van der Waals surface area contributed by atoms with E-state index in [-0.39, 0.29) is 19.4 Å². The minimum absolute atomic E-state index is 0.158. The Bertz CT molecular complexity index is 328. The molecule has 0 spiro atoms. The van der Waals surface area contributed by atoms with Crippen LogP contribution in [-0.2, 0) is 14.3 Å². The van der Waals surface area contributed by atoms with Gasteiger partial charge in [0.2, 0.25) is 0 Å². The predicted molar refractivity (Wildman–Crippen MR) is 64.0 cm³/mol. The number of aliphatic hydroxyl groups is 1. The molecular formula is C12H21NO5. The summed E-state index contributed by atoms with van der Waals surface area (Å²) in [6.45, 7) is 7.12. The number of carbonyl (C=O) groups is 2. The van der Waals surface area contributed by atoms with E-state index in [1.54, 1.807) is 27.7 Å². The first-order valence-electron chi connectivity index (χ1n) is 6.05. The molecule has 0 aromatic rings. The SMILES string of the molecule is CCOC(=O)C1(NC(=O)OC(C)(C)C)CC(O)C1. The average molecular weight is 259 g/mol. The van der Waals surface area contributed by atoms with Crippen molar-refractivity contribution in [3.63, 3.8) is 0 Å². The van der Waals surface area contributed by atoms with Crippen LogP contribution in [0.3, 0.4) is 0 Å². The maximum atomic E-state index is 11.8. The molecule has 2 N–H and O–H groups in total. The van der Waals surface area contributed by atoms with E-state index in [0.717, 1.165) is 0 Å². The third-order valence-corrected chi connectivity index (χ3v) is 2.57. The quantitative estimate of drug-likeness (QED) is 0.738. The van der Waals surface area contributed by atoms with Crippen LogP contribution >= 0.6 is 0 Å². The highest BCUT2D eigenvalue weighted by Gasteiger charge is 2.52. The van der Waals surface area contributed by atoms with Crippen LogP contribution in [0.5, 0.6) is 0 Å². The number of hydrogen-bond donors (Lipinski definition) is 2. The second kappa shape index (κ2) is 5.14. The topological polar surface area (TPSA) is 84.9 Å². The van der Waals surface area contributed by atoms with Gasteiger partial charge in [-0.25, -0.2) is 9.59 Å². The molecular weight excluding hydrogens is 238 g/mol. The Morgan fingerprint density at radius 1 is 1.39 bits per heavy atom. The summed E-state index contributed by atoms with van der Waals surface area (Å²) in [5, 5.41) is 11.9. The van der Waals surface area contributed by atoms with Crippen LogP contribution in [0, 0.1) is 0 Å². The lowest BCUT2D eigenvalue weighted by Crippen LogP contribution is -2.65. The minimum Gasteiger partial charge on any atom is -0.464 e. The maximum absolute atomic E-state index is 11.8. The van der Waals surface area contributed by atoms with Gasteiger partial charge in [0.25, 0.3) is 0 Å². The van der Waals surface area contributed by atoms with Crippen LogP contribution in [0.25, 0.3) is 0 Å². The summed E-state index contributed by atoms with van der Waals surface area (Å²) < 4.78 is 10.0. The summed E-state index contributed by atoms with van der Waals surface area (Å²) in [6, 6.07) is 0. The Labute approximate surface area is 107 Å². The van der Waals surface area contributed by atoms with Crippen LogP contribution in [0.1, 0.15) is 40.5 Å². The number of hydrogen-bond acceptors (Lipinski definition) is 5. The number of ether oxygens (including phenoxy) is 2. The zero-order chi connectivity index (χ0) is 14.0. The molecule has 0 bridgehead atoms. The lowest BCUT2D eigenvalue weighted by Gasteiger charge is -2.43. The predicted octanol–water partition coefficient (Wildman–Crippen LogP) is 0.968. The van der Waals surface area contributed by atoms with Gasteiger partial charge in [-0.2, -0.15) is 0 Å². The number of carbonyl (C=O) groups excluding carboxylic acids is 2. The van der Waals surface area contributed by atoms with Crippen molar-refractivity contribution < 1.29 is 24.2 Å². The molecule has 1 amide bonds. The van der Waals surface area contributed by atoms with Crippen LogP contribution in [0.15, 0.2) is 0 Å². The second-order valence-corrected chi connectivity index (χ2v) is 5.49. The summed E-state index contributed by atoms with van der Waals surface area (Å²) in [6.07, 6.45) is -0.956. The normalized spacial score (nSPS) is 27.1. The molecule has 1 fully saturated rings. The summed E-state index contributed by atoms with van der Waals surface area (Å²) in [4.78, 5) is 23.5. The van der Waals surface area contributed by atoms with Crippen molar-refractivity contribution in [2.75, 3.05) is 6.61 Å². The van der Waals surface area contributed by atoms with Gasteiger partial charge in [-0.05, 0) is 27.7 Å². The lowest BCUT2D eigenvalue weighted by atomic mass is 9.74. The third-order valence-electron chi connectivity index (χ3n) is 2.57. The van der Waals surface area contributed by atoms with Gasteiger partial charge in [0.15, 0.2) is 0 Å². The van der Waals surface area contributed by atoms with Crippen LogP contribution in [-0.4, -0.2) is 41.0 Å². The van der Waals surface area contributed by atoms with E-state index in [2.05, 4.69) is 5.32 Å². The van der Waals surface area contributed by atoms with Crippen molar-refractivity contribution in [2.45, 2.75) is 57.8 Å². The molecule has 1 aliphatic carbocycles. The fourth-order valence-electron chi connectivity index (χ4n) is 1.83. The standard InChI is InChI=1S/C12H21NO5/c1-5-17-9(15)12(6-8(14)7-12)13-10(16)18-11(2,3)4/h8,14H,5-7H2,1-4H3,(H,13,16). The zero-order valence-corrected chi connectivity index (χ0v) is 11.3. The number of rotatable bonds is 3. The van der Waals surface area contributed by atoms with E-state index >= 15 is 0 Å². The van der Waals surface area contributed by atoms with Gasteiger partial charge in [-0.15, -0.1) is 0 Å². The average Bonchev–Trinajstić information content (AvgIpc) is 2.11. The Balaban J connectivity index is 2.64. The van der Waals surface area contributed by atoms with Crippen molar-refractivity contribution in [1.29, 1.82) is 0 Å². The number of aliphatic hydroxyl groups excluding tert-OH is 1. The maximum Gasteiger partial charge on any atom is 0.408 e. The molecule has 6 nitrogen and oxygen atoms in total. The lowest BCUT2D eigenvalue weighted by molar-refractivity contribution is -0.160. The van der Waals surface area contributed by atoms with E-state index < -0.39 is 29.3 Å². The molecule has 1 saturated carbocycles. The highest BCUT2D eigenvalue weighted by atomic mass is 16.6. The third kappa shape index (κ3) is 3.60. The Morgan fingerprint density at radius 2 is 1.94 bits per heavy atom. The molecule has 0 aromatic carbocycles. The number of nitrogens with one attached hydrogen (secondary N) is 1. The van der Waals surface area contributed by atoms with Crippen LogP contribution in [0.4, 0.5) is 4.79 Å². The molecule has 0 heterocycles. The molecule has 0 aliphatic heterocycles. The van der Waals surface area contributed by atoms with Gasteiger partial charge in [-0.3, -0.25) is 0 Å². The Morgan fingerprint density at radius 3 is 2.33 bits per heavy atom. The van der Waals surface area contributed by atoms with Crippen molar-refractivity contribution in [3.8, 4) is 0 Å². The molecule has 6 heteroatoms. The Hall–Kier alpha value is -1.30. The zero-order valence-electron chi connectivity index (χ0n) is 11.3. The monoisotopic (exact) mass is 259 g/mol. The van der Waals surface area contributed by atoms with Gasteiger partial charge in [-0.1, -0.05) is 0 Å². The first kappa shape index (κ1) is 14.8. The fraction of sp³-hybridized carbons (Fsp3) is 0.833. The van der Waals surface area contributed by atoms with E-state index in [4.69, 9.17) is 9.47 Å². The number of amides is 1. The summed E-state index contributed by atoms with van der Waals surface area (Å²) in [5.74, 6) is -0.527. The van der Waals surface area contributed by atoms with Gasteiger partial charge < -0.3 is 19.9 Å². The van der Waals surface area contributed by atoms with E-state index in [0.29, 0.717) is 0 Å². The van der Waals surface area contributed by atoms with Crippen molar-refractivity contribution in [3.05, 3.63) is 0 Å². The van der Waals surface area contributed by atoms with Crippen LogP contribution < -0.4 is 5.32 Å². The molecule has 104 valence electrons. The first-order chi connectivity index (χ1) is 8.18. The molecule has 1 rings (SSSR count). The van der Waals surface area contributed by atoms with E-state index in [9.17, 15) is 14.7 Å². The molecule has 0 radical (unpaired) electrons. The molecule has 0 atom stereocenters. The number of esters is 1. The molecule has 0 aromatic heterocycles. The summed E-state index contributed by atoms with van der Waals surface area (Å²) in [7, 11) is 0. The Kier molecular flexibility index (Phi) is 4.21. The van der Waals surface area contributed by atoms with Crippen molar-refractivity contribution in [1.82, 2.24) is 5.32 Å². The highest BCUT2D eigenvalue weighted by Crippen LogP contribution is 2.34. The van der Waals surface area contributed by atoms with Gasteiger partial charge in [0.1, 0.15) is 11.1 Å².